The predicted molar refractivity (Wildman–Crippen MR) is 71.1 cm³/mol. The van der Waals surface area contributed by atoms with E-state index in [1.165, 1.54) is 0 Å². The molecule has 1 fully saturated rings. The molecule has 1 aromatic rings. The summed E-state index contributed by atoms with van der Waals surface area (Å²) in [5, 5.41) is 2.32. The van der Waals surface area contributed by atoms with Crippen LogP contribution in [-0.2, 0) is 9.59 Å². The Hall–Kier alpha value is -2.17. The predicted octanol–water partition coefficient (Wildman–Crippen LogP) is 1.05. The van der Waals surface area contributed by atoms with Crippen LogP contribution in [0.3, 0.4) is 0 Å². The van der Waals surface area contributed by atoms with Crippen LogP contribution >= 0.6 is 0 Å². The topological polar surface area (TPSA) is 66.5 Å². The number of imide groups is 1. The summed E-state index contributed by atoms with van der Waals surface area (Å²) in [6, 6.07) is 4.99. The Labute approximate surface area is 111 Å². The van der Waals surface area contributed by atoms with E-state index in [1.807, 2.05) is 19.9 Å². The highest BCUT2D eigenvalue weighted by atomic mass is 16.2. The number of amides is 2. The minimum atomic E-state index is -0.417. The van der Waals surface area contributed by atoms with Crippen molar-refractivity contribution in [1.29, 1.82) is 0 Å². The fourth-order valence-corrected chi connectivity index (χ4v) is 2.36. The largest absolute Gasteiger partial charge is 0.350 e. The van der Waals surface area contributed by atoms with Gasteiger partial charge in [0.15, 0.2) is 6.29 Å². The number of benzene rings is 1. The summed E-state index contributed by atoms with van der Waals surface area (Å²) in [6.45, 7) is 3.86. The number of hydrogen-bond acceptors (Lipinski definition) is 4. The third kappa shape index (κ3) is 2.50. The first kappa shape index (κ1) is 13.3. The van der Waals surface area contributed by atoms with Gasteiger partial charge in [0.05, 0.1) is 6.54 Å². The van der Waals surface area contributed by atoms with Gasteiger partial charge in [0, 0.05) is 11.3 Å². The molecule has 5 heteroatoms. The van der Waals surface area contributed by atoms with Gasteiger partial charge in [-0.25, -0.2) is 0 Å². The molecule has 1 heterocycles. The molecule has 1 N–H and O–H groups in total. The molecular weight excluding hydrogens is 244 g/mol. The third-order valence-corrected chi connectivity index (χ3v) is 3.26. The van der Waals surface area contributed by atoms with Crippen molar-refractivity contribution in [2.24, 2.45) is 0 Å². The van der Waals surface area contributed by atoms with Gasteiger partial charge in [-0.05, 0) is 25.5 Å². The molecule has 5 nitrogen and oxygen atoms in total. The Balaban J connectivity index is 2.45. The third-order valence-electron chi connectivity index (χ3n) is 3.26. The van der Waals surface area contributed by atoms with Crippen LogP contribution in [0.25, 0.3) is 0 Å². The van der Waals surface area contributed by atoms with Crippen molar-refractivity contribution in [2.75, 3.05) is 11.4 Å². The number of carbonyl (C=O) groups is 3. The van der Waals surface area contributed by atoms with Crippen molar-refractivity contribution in [3.8, 4) is 0 Å². The van der Waals surface area contributed by atoms with Crippen LogP contribution in [0.2, 0.25) is 0 Å². The number of rotatable bonds is 3. The van der Waals surface area contributed by atoms with Gasteiger partial charge in [0.1, 0.15) is 6.04 Å². The van der Waals surface area contributed by atoms with E-state index < -0.39 is 6.04 Å². The van der Waals surface area contributed by atoms with E-state index in [0.717, 1.165) is 11.8 Å². The molecule has 1 aromatic carbocycles. The Morgan fingerprint density at radius 3 is 2.79 bits per heavy atom. The van der Waals surface area contributed by atoms with Gasteiger partial charge in [0.25, 0.3) is 0 Å². The monoisotopic (exact) mass is 260 g/mol. The highest BCUT2D eigenvalue weighted by Gasteiger charge is 2.33. The van der Waals surface area contributed by atoms with Crippen LogP contribution < -0.4 is 10.2 Å². The highest BCUT2D eigenvalue weighted by molar-refractivity contribution is 6.05. The van der Waals surface area contributed by atoms with Gasteiger partial charge < -0.3 is 4.90 Å². The minimum absolute atomic E-state index is 0.0914. The van der Waals surface area contributed by atoms with E-state index in [-0.39, 0.29) is 18.4 Å². The number of nitrogens with zero attached hydrogens (tertiary/aromatic N) is 1. The van der Waals surface area contributed by atoms with E-state index in [4.69, 9.17) is 0 Å². The summed E-state index contributed by atoms with van der Waals surface area (Å²) in [5.41, 5.74) is 2.10. The second-order valence-corrected chi connectivity index (χ2v) is 4.64. The zero-order chi connectivity index (χ0) is 14.0. The number of anilines is 1. The van der Waals surface area contributed by atoms with Crippen LogP contribution in [0.1, 0.15) is 29.3 Å². The molecule has 2 amide bonds. The molecule has 0 radical (unpaired) electrons. The Morgan fingerprint density at radius 2 is 2.16 bits per heavy atom. The van der Waals surface area contributed by atoms with E-state index in [9.17, 15) is 14.4 Å². The second-order valence-electron chi connectivity index (χ2n) is 4.64. The molecule has 1 unspecified atom stereocenters. The van der Waals surface area contributed by atoms with E-state index in [1.54, 1.807) is 17.0 Å². The molecular formula is C14H16N2O3. The van der Waals surface area contributed by atoms with Gasteiger partial charge in [-0.15, -0.1) is 0 Å². The zero-order valence-corrected chi connectivity index (χ0v) is 11.0. The zero-order valence-electron chi connectivity index (χ0n) is 11.0. The first-order valence-corrected chi connectivity index (χ1v) is 6.23. The SMILES string of the molecule is CCC1C(=O)NC(=O)CN1c1ccc(C)cc1C=O. The first-order valence-electron chi connectivity index (χ1n) is 6.23. The van der Waals surface area contributed by atoms with Crippen LogP contribution in [0.4, 0.5) is 5.69 Å². The quantitative estimate of drug-likeness (QED) is 0.651. The lowest BCUT2D eigenvalue weighted by molar-refractivity contribution is -0.132. The Bertz CT molecular complexity index is 539. The average molecular weight is 260 g/mol. The van der Waals surface area contributed by atoms with Crippen LogP contribution in [0, 0.1) is 6.92 Å². The normalized spacial score (nSPS) is 19.3. The maximum Gasteiger partial charge on any atom is 0.249 e. The standard InChI is InChI=1S/C14H16N2O3/c1-3-11-14(19)15-13(18)7-16(11)12-5-4-9(2)6-10(12)8-17/h4-6,8,11H,3,7H2,1-2H3,(H,15,18,19). The van der Waals surface area contributed by atoms with Crippen molar-refractivity contribution in [1.82, 2.24) is 5.32 Å². The molecule has 100 valence electrons. The number of aldehydes is 1. The van der Waals surface area contributed by atoms with Crippen LogP contribution in [0.15, 0.2) is 18.2 Å². The highest BCUT2D eigenvalue weighted by Crippen LogP contribution is 2.25. The lowest BCUT2D eigenvalue weighted by Crippen LogP contribution is -2.58. The summed E-state index contributed by atoms with van der Waals surface area (Å²) in [5.74, 6) is -0.650. The molecule has 0 aromatic heterocycles. The number of hydrogen-bond donors (Lipinski definition) is 1. The molecule has 0 spiro atoms. The van der Waals surface area contributed by atoms with Crippen molar-refractivity contribution in [3.05, 3.63) is 29.3 Å². The van der Waals surface area contributed by atoms with E-state index in [0.29, 0.717) is 17.7 Å². The summed E-state index contributed by atoms with van der Waals surface area (Å²) in [7, 11) is 0. The Morgan fingerprint density at radius 1 is 1.42 bits per heavy atom. The van der Waals surface area contributed by atoms with Gasteiger partial charge in [0.2, 0.25) is 11.8 Å². The molecule has 0 saturated carbocycles. The smallest absolute Gasteiger partial charge is 0.249 e. The number of carbonyl (C=O) groups excluding carboxylic acids is 3. The molecule has 1 saturated heterocycles. The molecule has 1 aliphatic rings. The molecule has 19 heavy (non-hydrogen) atoms. The fourth-order valence-electron chi connectivity index (χ4n) is 2.36. The van der Waals surface area contributed by atoms with Crippen molar-refractivity contribution in [3.63, 3.8) is 0 Å². The van der Waals surface area contributed by atoms with E-state index >= 15 is 0 Å². The fraction of sp³-hybridized carbons (Fsp3) is 0.357. The summed E-state index contributed by atoms with van der Waals surface area (Å²) in [6.07, 6.45) is 1.33. The number of nitrogens with one attached hydrogen (secondary N) is 1. The van der Waals surface area contributed by atoms with Gasteiger partial charge in [-0.3, -0.25) is 19.7 Å². The lowest BCUT2D eigenvalue weighted by atomic mass is 10.0. The maximum absolute atomic E-state index is 11.8. The molecule has 1 aliphatic heterocycles. The minimum Gasteiger partial charge on any atom is -0.350 e. The van der Waals surface area contributed by atoms with Crippen molar-refractivity contribution >= 4 is 23.8 Å². The average Bonchev–Trinajstić information content (AvgIpc) is 2.37. The summed E-state index contributed by atoms with van der Waals surface area (Å²) in [4.78, 5) is 36.2. The summed E-state index contributed by atoms with van der Waals surface area (Å²) >= 11 is 0. The molecule has 0 bridgehead atoms. The number of piperazine rings is 1. The van der Waals surface area contributed by atoms with Gasteiger partial charge >= 0.3 is 0 Å². The van der Waals surface area contributed by atoms with E-state index in [2.05, 4.69) is 5.32 Å². The molecule has 1 atom stereocenters. The summed E-state index contributed by atoms with van der Waals surface area (Å²) < 4.78 is 0. The number of aryl methyl sites for hydroxylation is 1. The second kappa shape index (κ2) is 5.22. The lowest BCUT2D eigenvalue weighted by Gasteiger charge is -2.35. The van der Waals surface area contributed by atoms with Crippen LogP contribution in [0.5, 0.6) is 0 Å². The molecule has 0 aliphatic carbocycles. The molecule has 2 rings (SSSR count). The first-order chi connectivity index (χ1) is 9.06. The maximum atomic E-state index is 11.8. The van der Waals surface area contributed by atoms with Crippen molar-refractivity contribution in [2.45, 2.75) is 26.3 Å². The van der Waals surface area contributed by atoms with Crippen molar-refractivity contribution < 1.29 is 14.4 Å². The van der Waals surface area contributed by atoms with Crippen LogP contribution in [-0.4, -0.2) is 30.7 Å². The Kier molecular flexibility index (Phi) is 3.64. The van der Waals surface area contributed by atoms with Gasteiger partial charge in [-0.2, -0.15) is 0 Å². The van der Waals surface area contributed by atoms with Gasteiger partial charge in [-0.1, -0.05) is 18.6 Å².